The minimum atomic E-state index is 0.692. The molecule has 0 aliphatic rings. The normalized spacial score (nSPS) is 11.6. The van der Waals surface area contributed by atoms with Crippen LogP contribution in [-0.4, -0.2) is 31.3 Å². The zero-order valence-corrected chi connectivity index (χ0v) is 14.8. The third kappa shape index (κ3) is 2.59. The molecule has 0 unspecified atom stereocenters. The number of nitrogens with zero attached hydrogens (tertiary/aromatic N) is 4. The molecule has 0 atom stereocenters. The van der Waals surface area contributed by atoms with Gasteiger partial charge in [0, 0.05) is 17.7 Å². The molecule has 5 heteroatoms. The summed E-state index contributed by atoms with van der Waals surface area (Å²) < 4.78 is 4.40. The van der Waals surface area contributed by atoms with Crippen LogP contribution in [-0.2, 0) is 13.1 Å². The monoisotopic (exact) mass is 336 g/mol. The molecule has 2 heterocycles. The Kier molecular flexibility index (Phi) is 4.02. The Balaban J connectivity index is 1.81. The lowest BCUT2D eigenvalue weighted by atomic mass is 10.2. The van der Waals surface area contributed by atoms with Gasteiger partial charge in [-0.2, -0.15) is 16.9 Å². The smallest absolute Gasteiger partial charge is 0.131 e. The Morgan fingerprint density at radius 1 is 1.00 bits per heavy atom. The van der Waals surface area contributed by atoms with Gasteiger partial charge in [0.1, 0.15) is 5.82 Å². The average molecular weight is 336 g/mol. The molecule has 0 bridgehead atoms. The summed E-state index contributed by atoms with van der Waals surface area (Å²) in [5.41, 5.74) is 4.49. The first-order chi connectivity index (χ1) is 11.8. The van der Waals surface area contributed by atoms with Crippen LogP contribution in [0.3, 0.4) is 0 Å². The van der Waals surface area contributed by atoms with Crippen LogP contribution in [0.1, 0.15) is 11.5 Å². The van der Waals surface area contributed by atoms with Crippen LogP contribution in [0, 0.1) is 6.92 Å². The Morgan fingerprint density at radius 2 is 1.75 bits per heavy atom. The first-order valence-corrected chi connectivity index (χ1v) is 9.52. The van der Waals surface area contributed by atoms with Crippen molar-refractivity contribution >= 4 is 33.7 Å². The number of benzene rings is 2. The van der Waals surface area contributed by atoms with E-state index in [1.807, 2.05) is 17.8 Å². The number of thioether (sulfide) groups is 1. The Labute approximate surface area is 145 Å². The summed E-state index contributed by atoms with van der Waals surface area (Å²) in [6, 6.07) is 16.8. The molecule has 0 spiro atoms. The van der Waals surface area contributed by atoms with Crippen molar-refractivity contribution in [2.75, 3.05) is 12.0 Å². The van der Waals surface area contributed by atoms with E-state index in [0.29, 0.717) is 6.54 Å². The lowest BCUT2D eigenvalue weighted by molar-refractivity contribution is 0.627. The van der Waals surface area contributed by atoms with Crippen molar-refractivity contribution in [3.05, 3.63) is 60.0 Å². The molecule has 2 aromatic carbocycles. The molecule has 122 valence electrons. The zero-order valence-electron chi connectivity index (χ0n) is 13.9. The third-order valence-electron chi connectivity index (χ3n) is 4.39. The van der Waals surface area contributed by atoms with Crippen molar-refractivity contribution in [3.8, 4) is 0 Å². The van der Waals surface area contributed by atoms with E-state index in [1.165, 1.54) is 16.4 Å². The molecule has 0 aliphatic carbocycles. The summed E-state index contributed by atoms with van der Waals surface area (Å²) in [4.78, 5) is 4.87. The molecule has 0 fully saturated rings. The highest BCUT2D eigenvalue weighted by Crippen LogP contribution is 2.21. The summed E-state index contributed by atoms with van der Waals surface area (Å²) in [6.45, 7) is 3.72. The maximum atomic E-state index is 4.87. The molecule has 0 amide bonds. The Bertz CT molecular complexity index is 999. The molecule has 0 saturated heterocycles. The second kappa shape index (κ2) is 6.32. The highest BCUT2D eigenvalue weighted by atomic mass is 32.2. The van der Waals surface area contributed by atoms with Crippen LogP contribution < -0.4 is 0 Å². The van der Waals surface area contributed by atoms with Gasteiger partial charge in [0.25, 0.3) is 0 Å². The molecule has 4 rings (SSSR count). The Morgan fingerprint density at radius 3 is 2.58 bits per heavy atom. The minimum absolute atomic E-state index is 0.692. The second-order valence-corrected chi connectivity index (χ2v) is 6.91. The predicted octanol–water partition coefficient (Wildman–Crippen LogP) is 4.11. The molecule has 0 N–H and O–H groups in total. The molecular weight excluding hydrogens is 316 g/mol. The maximum Gasteiger partial charge on any atom is 0.131 e. The van der Waals surface area contributed by atoms with E-state index < -0.39 is 0 Å². The van der Waals surface area contributed by atoms with Gasteiger partial charge < -0.3 is 4.57 Å². The van der Waals surface area contributed by atoms with Crippen molar-refractivity contribution in [1.82, 2.24) is 19.3 Å². The first kappa shape index (κ1) is 15.3. The van der Waals surface area contributed by atoms with Gasteiger partial charge in [-0.3, -0.25) is 4.68 Å². The van der Waals surface area contributed by atoms with Crippen molar-refractivity contribution in [2.45, 2.75) is 20.0 Å². The van der Waals surface area contributed by atoms with Gasteiger partial charge in [0.05, 0.1) is 28.8 Å². The van der Waals surface area contributed by atoms with Gasteiger partial charge in [0.15, 0.2) is 0 Å². The van der Waals surface area contributed by atoms with Crippen molar-refractivity contribution < 1.29 is 0 Å². The van der Waals surface area contributed by atoms with Gasteiger partial charge in [-0.1, -0.05) is 30.3 Å². The van der Waals surface area contributed by atoms with Gasteiger partial charge in [-0.25, -0.2) is 4.98 Å². The van der Waals surface area contributed by atoms with Crippen LogP contribution in [0.15, 0.2) is 48.5 Å². The minimum Gasteiger partial charge on any atom is -0.326 e. The van der Waals surface area contributed by atoms with Crippen LogP contribution in [0.5, 0.6) is 0 Å². The highest BCUT2D eigenvalue weighted by Gasteiger charge is 2.13. The largest absolute Gasteiger partial charge is 0.326 e. The summed E-state index contributed by atoms with van der Waals surface area (Å²) in [6.07, 6.45) is 2.14. The fraction of sp³-hybridized carbons (Fsp3) is 0.263. The third-order valence-corrected chi connectivity index (χ3v) is 4.98. The number of hydrogen-bond donors (Lipinski definition) is 0. The topological polar surface area (TPSA) is 35.6 Å². The molecule has 2 aromatic heterocycles. The van der Waals surface area contributed by atoms with E-state index in [1.54, 1.807) is 0 Å². The van der Waals surface area contributed by atoms with E-state index in [-0.39, 0.29) is 0 Å². The van der Waals surface area contributed by atoms with E-state index in [9.17, 15) is 0 Å². The molecule has 4 nitrogen and oxygen atoms in total. The number of aryl methyl sites for hydroxylation is 2. The lowest BCUT2D eigenvalue weighted by Gasteiger charge is -2.09. The van der Waals surface area contributed by atoms with E-state index in [4.69, 9.17) is 10.1 Å². The summed E-state index contributed by atoms with van der Waals surface area (Å²) >= 11 is 1.86. The van der Waals surface area contributed by atoms with E-state index in [0.717, 1.165) is 29.3 Å². The van der Waals surface area contributed by atoms with Crippen LogP contribution in [0.2, 0.25) is 0 Å². The van der Waals surface area contributed by atoms with Crippen molar-refractivity contribution in [3.63, 3.8) is 0 Å². The van der Waals surface area contributed by atoms with Gasteiger partial charge >= 0.3 is 0 Å². The van der Waals surface area contributed by atoms with Gasteiger partial charge in [0.2, 0.25) is 0 Å². The highest BCUT2D eigenvalue weighted by molar-refractivity contribution is 7.98. The summed E-state index contributed by atoms with van der Waals surface area (Å²) in [5, 5.41) is 5.95. The van der Waals surface area contributed by atoms with Crippen LogP contribution >= 0.6 is 11.8 Å². The zero-order chi connectivity index (χ0) is 16.5. The quantitative estimate of drug-likeness (QED) is 0.550. The molecular formula is C19H20N4S. The predicted molar refractivity (Wildman–Crippen MR) is 102 cm³/mol. The fourth-order valence-corrected chi connectivity index (χ4v) is 3.59. The van der Waals surface area contributed by atoms with Crippen LogP contribution in [0.4, 0.5) is 0 Å². The van der Waals surface area contributed by atoms with Gasteiger partial charge in [-0.15, -0.1) is 0 Å². The molecule has 24 heavy (non-hydrogen) atoms. The lowest BCUT2D eigenvalue weighted by Crippen LogP contribution is -2.11. The fourth-order valence-electron chi connectivity index (χ4n) is 3.23. The second-order valence-electron chi connectivity index (χ2n) is 5.92. The van der Waals surface area contributed by atoms with Crippen molar-refractivity contribution in [1.29, 1.82) is 0 Å². The number of fused-ring (bicyclic) bond motifs is 2. The summed E-state index contributed by atoms with van der Waals surface area (Å²) in [7, 11) is 0. The SMILES string of the molecule is CSCCn1c(Cn2nc(C)c3ccccc32)nc2ccccc21. The number of rotatable bonds is 5. The maximum absolute atomic E-state index is 4.87. The molecule has 4 aromatic rings. The van der Waals surface area contributed by atoms with E-state index in [2.05, 4.69) is 64.9 Å². The Hall–Kier alpha value is -2.27. The molecule has 0 radical (unpaired) electrons. The van der Waals surface area contributed by atoms with Gasteiger partial charge in [-0.05, 0) is 31.4 Å². The molecule has 0 aliphatic heterocycles. The first-order valence-electron chi connectivity index (χ1n) is 8.13. The number of para-hydroxylation sites is 3. The van der Waals surface area contributed by atoms with E-state index >= 15 is 0 Å². The van der Waals surface area contributed by atoms with Crippen LogP contribution in [0.25, 0.3) is 21.9 Å². The standard InChI is InChI=1S/C19H20N4S/c1-14-15-7-3-5-9-17(15)23(21-14)13-19-20-16-8-4-6-10-18(16)22(19)11-12-24-2/h3-10H,11-13H2,1-2H3. The number of hydrogen-bond acceptors (Lipinski definition) is 3. The van der Waals surface area contributed by atoms with Crippen molar-refractivity contribution in [2.24, 2.45) is 0 Å². The average Bonchev–Trinajstić information content (AvgIpc) is 3.11. The number of imidazole rings is 1. The summed E-state index contributed by atoms with van der Waals surface area (Å²) in [5.74, 6) is 2.14. The number of aromatic nitrogens is 4. The molecule has 0 saturated carbocycles.